The molecule has 7 rings (SSSR count). The van der Waals surface area contributed by atoms with Crippen LogP contribution in [0.25, 0.3) is 10.9 Å². The fourth-order valence-electron chi connectivity index (χ4n) is 7.20. The van der Waals surface area contributed by atoms with Crippen LogP contribution in [0.2, 0.25) is 0 Å². The summed E-state index contributed by atoms with van der Waals surface area (Å²) >= 11 is 3.35. The highest BCUT2D eigenvalue weighted by molar-refractivity contribution is 9.10. The Hall–Kier alpha value is -4.51. The van der Waals surface area contributed by atoms with Gasteiger partial charge < -0.3 is 23.9 Å². The second-order valence-corrected chi connectivity index (χ2v) is 13.3. The van der Waals surface area contributed by atoms with Gasteiger partial charge in [-0.05, 0) is 71.2 Å². The number of aromatic hydroxyl groups is 1. The molecule has 248 valence electrons. The first-order valence-electron chi connectivity index (χ1n) is 15.7. The largest absolute Gasteiger partial charge is 0.507 e. The molecule has 0 amide bonds. The first kappa shape index (κ1) is 33.4. The predicted octanol–water partition coefficient (Wildman–Crippen LogP) is 6.54. The quantitative estimate of drug-likeness (QED) is 0.150. The molecule has 0 spiro atoms. The lowest BCUT2D eigenvalue weighted by molar-refractivity contribution is -0.131. The molecule has 3 atom stereocenters. The van der Waals surface area contributed by atoms with E-state index in [9.17, 15) is 14.7 Å². The lowest BCUT2D eigenvalue weighted by Crippen LogP contribution is -2.59. The highest BCUT2D eigenvalue weighted by Gasteiger charge is 2.52. The van der Waals surface area contributed by atoms with E-state index in [0.717, 1.165) is 23.9 Å². The number of fused-ring (bicyclic) bond motifs is 2. The summed E-state index contributed by atoms with van der Waals surface area (Å²) in [6.07, 6.45) is 7.20. The van der Waals surface area contributed by atoms with Crippen molar-refractivity contribution in [3.05, 3.63) is 124 Å². The minimum Gasteiger partial charge on any atom is -0.507 e. The van der Waals surface area contributed by atoms with Crippen molar-refractivity contribution in [2.75, 3.05) is 34.4 Å². The third-order valence-electron chi connectivity index (χ3n) is 9.41. The molecule has 3 unspecified atom stereocenters. The molecule has 48 heavy (non-hydrogen) atoms. The number of aryl methyl sites for hydroxylation is 1. The molecule has 1 N–H and O–H groups in total. The SMILES string of the molecule is COC12CC(COC(=O)c3cncc(Br)c3)CN(C)C1Cc1cn(C)c3cccc2c13.COc1ccc(C(=O)c2ccccc2)c(O)c1. The topological polar surface area (TPSA) is 103 Å². The van der Waals surface area contributed by atoms with Crippen LogP contribution < -0.4 is 4.74 Å². The second kappa shape index (κ2) is 13.9. The Morgan fingerprint density at radius 2 is 1.79 bits per heavy atom. The number of halogens is 1. The number of ether oxygens (including phenoxy) is 3. The van der Waals surface area contributed by atoms with E-state index in [0.29, 0.717) is 23.5 Å². The number of benzene rings is 3. The van der Waals surface area contributed by atoms with Crippen molar-refractivity contribution in [3.63, 3.8) is 0 Å². The van der Waals surface area contributed by atoms with Crippen molar-refractivity contribution >= 4 is 38.6 Å². The van der Waals surface area contributed by atoms with E-state index in [-0.39, 0.29) is 35.0 Å². The highest BCUT2D eigenvalue weighted by Crippen LogP contribution is 2.49. The number of carbonyl (C=O) groups excluding carboxylic acids is 2. The van der Waals surface area contributed by atoms with Gasteiger partial charge in [-0.25, -0.2) is 4.79 Å². The summed E-state index contributed by atoms with van der Waals surface area (Å²) < 4.78 is 20.0. The van der Waals surface area contributed by atoms with Crippen LogP contribution in [-0.4, -0.2) is 71.8 Å². The average molecular weight is 713 g/mol. The minimum absolute atomic E-state index is 0.0711. The maximum atomic E-state index is 12.5. The third-order valence-corrected chi connectivity index (χ3v) is 9.84. The number of pyridine rings is 1. The van der Waals surface area contributed by atoms with Crippen LogP contribution in [0.1, 0.15) is 43.8 Å². The molecule has 9 nitrogen and oxygen atoms in total. The molecule has 1 aliphatic carbocycles. The lowest BCUT2D eigenvalue weighted by atomic mass is 9.69. The molecule has 10 heteroatoms. The first-order chi connectivity index (χ1) is 23.1. The second-order valence-electron chi connectivity index (χ2n) is 12.4. The average Bonchev–Trinajstić information content (AvgIpc) is 3.43. The van der Waals surface area contributed by atoms with Gasteiger partial charge >= 0.3 is 5.97 Å². The van der Waals surface area contributed by atoms with E-state index in [2.05, 4.69) is 68.9 Å². The summed E-state index contributed by atoms with van der Waals surface area (Å²) in [7, 11) is 7.58. The number of nitrogens with zero attached hydrogens (tertiary/aromatic N) is 3. The maximum Gasteiger partial charge on any atom is 0.339 e. The molecule has 0 radical (unpaired) electrons. The van der Waals surface area contributed by atoms with Crippen molar-refractivity contribution in [2.24, 2.45) is 13.0 Å². The Morgan fingerprint density at radius 3 is 2.50 bits per heavy atom. The number of phenols is 1. The summed E-state index contributed by atoms with van der Waals surface area (Å²) in [5.74, 6) is 0.0722. The molecule has 2 aliphatic rings. The zero-order chi connectivity index (χ0) is 34.0. The van der Waals surface area contributed by atoms with Crippen molar-refractivity contribution < 1.29 is 28.9 Å². The van der Waals surface area contributed by atoms with E-state index >= 15 is 0 Å². The lowest BCUT2D eigenvalue weighted by Gasteiger charge is -2.53. The number of piperidine rings is 1. The number of carbonyl (C=O) groups is 2. The number of hydrogen-bond donors (Lipinski definition) is 1. The number of likely N-dealkylation sites (N-methyl/N-ethyl adjacent to an activating group) is 1. The Morgan fingerprint density at radius 1 is 1.00 bits per heavy atom. The van der Waals surface area contributed by atoms with E-state index in [1.807, 2.05) is 13.2 Å². The smallest absolute Gasteiger partial charge is 0.339 e. The van der Waals surface area contributed by atoms with E-state index in [1.54, 1.807) is 48.7 Å². The van der Waals surface area contributed by atoms with Crippen LogP contribution in [0.3, 0.4) is 0 Å². The molecule has 0 bridgehead atoms. The summed E-state index contributed by atoms with van der Waals surface area (Å²) in [6.45, 7) is 1.21. The third kappa shape index (κ3) is 6.35. The van der Waals surface area contributed by atoms with Crippen LogP contribution >= 0.6 is 15.9 Å². The molecule has 3 aromatic carbocycles. The maximum absolute atomic E-state index is 12.5. The van der Waals surface area contributed by atoms with Gasteiger partial charge in [0.2, 0.25) is 0 Å². The zero-order valence-electron chi connectivity index (χ0n) is 27.4. The first-order valence-corrected chi connectivity index (χ1v) is 16.5. The number of likely N-dealkylation sites (tertiary alicyclic amines) is 1. The monoisotopic (exact) mass is 711 g/mol. The molecule has 3 heterocycles. The Kier molecular flexibility index (Phi) is 9.68. The minimum atomic E-state index is -0.421. The van der Waals surface area contributed by atoms with Crippen molar-refractivity contribution in [2.45, 2.75) is 24.5 Å². The molecule has 0 saturated carbocycles. The van der Waals surface area contributed by atoms with Crippen LogP contribution in [-0.2, 0) is 28.5 Å². The van der Waals surface area contributed by atoms with E-state index in [1.165, 1.54) is 41.4 Å². The van der Waals surface area contributed by atoms with Gasteiger partial charge in [0, 0.05) is 78.3 Å². The number of methoxy groups -OCH3 is 2. The van der Waals surface area contributed by atoms with E-state index in [4.69, 9.17) is 14.2 Å². The number of ketones is 1. The highest BCUT2D eigenvalue weighted by atomic mass is 79.9. The van der Waals surface area contributed by atoms with Crippen LogP contribution in [0.15, 0.2) is 95.9 Å². The summed E-state index contributed by atoms with van der Waals surface area (Å²) in [5, 5.41) is 11.1. The Labute approximate surface area is 288 Å². The van der Waals surface area contributed by atoms with Gasteiger partial charge in [-0.2, -0.15) is 0 Å². The Balaban J connectivity index is 0.000000200. The van der Waals surface area contributed by atoms with Gasteiger partial charge in [-0.3, -0.25) is 14.7 Å². The van der Waals surface area contributed by atoms with Crippen molar-refractivity contribution in [1.82, 2.24) is 14.5 Å². The molecule has 1 fully saturated rings. The Bertz CT molecular complexity index is 1960. The molecular weight excluding hydrogens is 674 g/mol. The van der Waals surface area contributed by atoms with Crippen molar-refractivity contribution in [3.8, 4) is 11.5 Å². The van der Waals surface area contributed by atoms with Gasteiger partial charge in [0.05, 0.1) is 24.8 Å². The molecule has 1 saturated heterocycles. The van der Waals surface area contributed by atoms with Gasteiger partial charge in [0.15, 0.2) is 5.78 Å². The number of aromatic nitrogens is 2. The number of rotatable bonds is 7. The van der Waals surface area contributed by atoms with Gasteiger partial charge in [-0.1, -0.05) is 42.5 Å². The standard InChI is InChI=1S/C24H26BrN3O3.C14H12O3/c1-27-13-17-8-21-24(30-3,19-5-4-6-20(27)22(17)19)9-15(12-28(21)2)14-31-23(29)16-7-18(25)11-26-10-16;1-17-11-7-8-12(13(15)9-11)14(16)10-5-3-2-4-6-10/h4-7,10-11,13,15,21H,8-9,12,14H2,1-3H3;2-9,15H,1H3. The van der Waals surface area contributed by atoms with Crippen LogP contribution in [0.5, 0.6) is 11.5 Å². The van der Waals surface area contributed by atoms with Crippen molar-refractivity contribution in [1.29, 1.82) is 0 Å². The van der Waals surface area contributed by atoms with Crippen LogP contribution in [0, 0.1) is 5.92 Å². The zero-order valence-corrected chi connectivity index (χ0v) is 28.9. The van der Waals surface area contributed by atoms with Crippen LogP contribution in [0.4, 0.5) is 0 Å². The van der Waals surface area contributed by atoms with Gasteiger partial charge in [0.1, 0.15) is 17.1 Å². The fraction of sp³-hybridized carbons (Fsp3) is 0.289. The number of esters is 1. The molecule has 1 aliphatic heterocycles. The molecular formula is C38H38BrN3O6. The van der Waals surface area contributed by atoms with E-state index < -0.39 is 5.60 Å². The normalized spacial score (nSPS) is 19.9. The van der Waals surface area contributed by atoms with Gasteiger partial charge in [-0.15, -0.1) is 0 Å². The molecule has 5 aromatic rings. The summed E-state index contributed by atoms with van der Waals surface area (Å²) in [6, 6.07) is 21.9. The fourth-order valence-corrected chi connectivity index (χ4v) is 7.57. The number of phenolic OH excluding ortho intramolecular Hbond substituents is 1. The number of hydrogen-bond acceptors (Lipinski definition) is 8. The summed E-state index contributed by atoms with van der Waals surface area (Å²) in [5.41, 5.74) is 4.72. The molecule has 2 aromatic heterocycles. The summed E-state index contributed by atoms with van der Waals surface area (Å²) in [4.78, 5) is 31.0. The predicted molar refractivity (Wildman–Crippen MR) is 187 cm³/mol. The van der Waals surface area contributed by atoms with Gasteiger partial charge in [0.25, 0.3) is 0 Å².